The van der Waals surface area contributed by atoms with Gasteiger partial charge in [-0.15, -0.1) is 0 Å². The lowest BCUT2D eigenvalue weighted by Gasteiger charge is -2.26. The number of ether oxygens (including phenoxy) is 1. The summed E-state index contributed by atoms with van der Waals surface area (Å²) in [6, 6.07) is 10.8. The van der Waals surface area contributed by atoms with Crippen molar-refractivity contribution in [3.63, 3.8) is 0 Å². The molecule has 5 nitrogen and oxygen atoms in total. The molecule has 0 N–H and O–H groups in total. The minimum Gasteiger partial charge on any atom is -0.459 e. The Balaban J connectivity index is 2.06. The predicted octanol–water partition coefficient (Wildman–Crippen LogP) is 5.15. The summed E-state index contributed by atoms with van der Waals surface area (Å²) >= 11 is 0. The van der Waals surface area contributed by atoms with E-state index in [1.807, 2.05) is 0 Å². The van der Waals surface area contributed by atoms with E-state index in [2.05, 4.69) is 4.98 Å². The molecule has 166 valence electrons. The number of pyridine rings is 1. The lowest BCUT2D eigenvalue weighted by molar-refractivity contribution is -0.152. The average Bonchev–Trinajstić information content (AvgIpc) is 2.70. The number of anilines is 1. The first-order chi connectivity index (χ1) is 15.0. The van der Waals surface area contributed by atoms with E-state index in [1.54, 1.807) is 63.5 Å². The number of hydrogen-bond acceptors (Lipinski definition) is 4. The van der Waals surface area contributed by atoms with Gasteiger partial charge in [-0.25, -0.2) is 13.2 Å². The van der Waals surface area contributed by atoms with Crippen molar-refractivity contribution in [1.82, 2.24) is 4.98 Å². The van der Waals surface area contributed by atoms with Crippen LogP contribution in [0.1, 0.15) is 31.1 Å². The molecule has 1 aromatic heterocycles. The highest BCUT2D eigenvalue weighted by molar-refractivity contribution is 6.09. The van der Waals surface area contributed by atoms with E-state index in [-0.39, 0.29) is 5.69 Å². The van der Waals surface area contributed by atoms with Gasteiger partial charge in [0.25, 0.3) is 5.91 Å². The minimum absolute atomic E-state index is 0.199. The number of carbonyl (C=O) groups excluding carboxylic acids is 2. The van der Waals surface area contributed by atoms with E-state index in [0.717, 1.165) is 10.5 Å². The summed E-state index contributed by atoms with van der Waals surface area (Å²) in [6.45, 7) is 4.35. The van der Waals surface area contributed by atoms with Crippen molar-refractivity contribution < 1.29 is 27.5 Å². The monoisotopic (exact) mass is 442 g/mol. The second-order valence-electron chi connectivity index (χ2n) is 8.01. The SMILES string of the molecule is CC(C)(C)OC(=O)CN(C(=O)c1c(F)cc(F)cc1F)c1cccc(-c2cccnc2)c1. The maximum atomic E-state index is 14.3. The van der Waals surface area contributed by atoms with Crippen LogP contribution in [0, 0.1) is 17.5 Å². The fourth-order valence-corrected chi connectivity index (χ4v) is 3.05. The molecule has 0 saturated carbocycles. The number of hydrogen-bond donors (Lipinski definition) is 0. The van der Waals surface area contributed by atoms with Crippen molar-refractivity contribution in [2.24, 2.45) is 0 Å². The van der Waals surface area contributed by atoms with E-state index in [9.17, 15) is 22.8 Å². The topological polar surface area (TPSA) is 59.5 Å². The third kappa shape index (κ3) is 5.51. The summed E-state index contributed by atoms with van der Waals surface area (Å²) in [5.74, 6) is -5.82. The summed E-state index contributed by atoms with van der Waals surface area (Å²) in [7, 11) is 0. The van der Waals surface area contributed by atoms with Crippen molar-refractivity contribution in [3.05, 3.63) is 83.9 Å². The van der Waals surface area contributed by atoms with Crippen LogP contribution in [0.4, 0.5) is 18.9 Å². The number of carbonyl (C=O) groups is 2. The first kappa shape index (κ1) is 23.0. The second-order valence-corrected chi connectivity index (χ2v) is 8.01. The number of rotatable bonds is 5. The Morgan fingerprint density at radius 3 is 2.22 bits per heavy atom. The van der Waals surface area contributed by atoms with Crippen LogP contribution in [-0.4, -0.2) is 29.0 Å². The van der Waals surface area contributed by atoms with Gasteiger partial charge in [0.15, 0.2) is 0 Å². The van der Waals surface area contributed by atoms with E-state index >= 15 is 0 Å². The molecule has 0 spiro atoms. The predicted molar refractivity (Wildman–Crippen MR) is 114 cm³/mol. The summed E-state index contributed by atoms with van der Waals surface area (Å²) in [4.78, 5) is 30.6. The molecule has 0 unspecified atom stereocenters. The summed E-state index contributed by atoms with van der Waals surface area (Å²) in [6.07, 6.45) is 3.21. The molecule has 3 aromatic rings. The fourth-order valence-electron chi connectivity index (χ4n) is 3.05. The molecule has 1 amide bonds. The molecule has 0 bridgehead atoms. The normalized spacial score (nSPS) is 11.2. The van der Waals surface area contributed by atoms with Crippen LogP contribution in [-0.2, 0) is 9.53 Å². The molecule has 0 fully saturated rings. The third-order valence-corrected chi connectivity index (χ3v) is 4.33. The number of benzene rings is 2. The molecule has 0 atom stereocenters. The van der Waals surface area contributed by atoms with Crippen LogP contribution in [0.25, 0.3) is 11.1 Å². The first-order valence-electron chi connectivity index (χ1n) is 9.74. The van der Waals surface area contributed by atoms with Crippen LogP contribution in [0.3, 0.4) is 0 Å². The molecule has 32 heavy (non-hydrogen) atoms. The van der Waals surface area contributed by atoms with Gasteiger partial charge in [-0.2, -0.15) is 0 Å². The Bertz CT molecular complexity index is 1120. The van der Waals surface area contributed by atoms with Gasteiger partial charge < -0.3 is 4.74 Å². The Labute approximate surface area is 183 Å². The maximum Gasteiger partial charge on any atom is 0.326 e. The zero-order valence-electron chi connectivity index (χ0n) is 17.7. The number of aromatic nitrogens is 1. The fraction of sp³-hybridized carbons (Fsp3) is 0.208. The molecule has 8 heteroatoms. The molecular formula is C24H21F3N2O3. The van der Waals surface area contributed by atoms with Crippen LogP contribution in [0.15, 0.2) is 60.9 Å². The van der Waals surface area contributed by atoms with E-state index in [0.29, 0.717) is 17.7 Å². The second kappa shape index (κ2) is 9.21. The molecule has 0 aliphatic heterocycles. The van der Waals surface area contributed by atoms with Gasteiger partial charge in [0, 0.05) is 35.8 Å². The summed E-state index contributed by atoms with van der Waals surface area (Å²) in [5, 5.41) is 0. The van der Waals surface area contributed by atoms with Gasteiger partial charge in [0.2, 0.25) is 0 Å². The Morgan fingerprint density at radius 2 is 1.62 bits per heavy atom. The smallest absolute Gasteiger partial charge is 0.326 e. The zero-order chi connectivity index (χ0) is 23.5. The Hall–Kier alpha value is -3.68. The van der Waals surface area contributed by atoms with E-state index in [4.69, 9.17) is 4.74 Å². The van der Waals surface area contributed by atoms with Gasteiger partial charge in [0.1, 0.15) is 35.2 Å². The zero-order valence-corrected chi connectivity index (χ0v) is 17.7. The largest absolute Gasteiger partial charge is 0.459 e. The number of nitrogens with zero attached hydrogens (tertiary/aromatic N) is 2. The standard InChI is InChI=1S/C24H21F3N2O3/c1-24(2,3)32-21(30)14-29(23(31)22-19(26)11-17(25)12-20(22)27)18-8-4-6-15(10-18)16-7-5-9-28-13-16/h4-13H,14H2,1-3H3. The average molecular weight is 442 g/mol. The quantitative estimate of drug-likeness (QED) is 0.513. The van der Waals surface area contributed by atoms with Gasteiger partial charge in [-0.3, -0.25) is 19.5 Å². The van der Waals surface area contributed by atoms with Crippen LogP contribution in [0.5, 0.6) is 0 Å². The third-order valence-electron chi connectivity index (χ3n) is 4.33. The lowest BCUT2D eigenvalue weighted by Crippen LogP contribution is -2.39. The van der Waals surface area contributed by atoms with Gasteiger partial charge in [-0.1, -0.05) is 18.2 Å². The molecule has 0 saturated heterocycles. The highest BCUT2D eigenvalue weighted by atomic mass is 19.1. The van der Waals surface area contributed by atoms with Crippen LogP contribution < -0.4 is 4.90 Å². The summed E-state index contributed by atoms with van der Waals surface area (Å²) in [5.41, 5.74) is -0.210. The molecule has 2 aromatic carbocycles. The van der Waals surface area contributed by atoms with Gasteiger partial charge in [0.05, 0.1) is 0 Å². The highest BCUT2D eigenvalue weighted by Crippen LogP contribution is 2.27. The molecule has 1 heterocycles. The molecular weight excluding hydrogens is 421 g/mol. The number of halogens is 3. The van der Waals surface area contributed by atoms with Crippen LogP contribution >= 0.6 is 0 Å². The van der Waals surface area contributed by atoms with Crippen molar-refractivity contribution in [1.29, 1.82) is 0 Å². The highest BCUT2D eigenvalue weighted by Gasteiger charge is 2.29. The number of amides is 1. The molecule has 3 rings (SSSR count). The van der Waals surface area contributed by atoms with Crippen LogP contribution in [0.2, 0.25) is 0 Å². The van der Waals surface area contributed by atoms with Gasteiger partial charge >= 0.3 is 5.97 Å². The molecule has 0 radical (unpaired) electrons. The van der Waals surface area contributed by atoms with Crippen molar-refractivity contribution in [2.45, 2.75) is 26.4 Å². The molecule has 0 aliphatic rings. The minimum atomic E-state index is -1.37. The van der Waals surface area contributed by atoms with Crippen molar-refractivity contribution in [3.8, 4) is 11.1 Å². The summed E-state index contributed by atoms with van der Waals surface area (Å²) < 4.78 is 47.3. The Morgan fingerprint density at radius 1 is 0.969 bits per heavy atom. The van der Waals surface area contributed by atoms with Gasteiger partial charge in [-0.05, 0) is 44.5 Å². The van der Waals surface area contributed by atoms with Crippen molar-refractivity contribution >= 4 is 17.6 Å². The van der Waals surface area contributed by atoms with E-state index in [1.165, 1.54) is 6.07 Å². The first-order valence-corrected chi connectivity index (χ1v) is 9.74. The maximum absolute atomic E-state index is 14.3. The van der Waals surface area contributed by atoms with Crippen molar-refractivity contribution in [2.75, 3.05) is 11.4 Å². The number of esters is 1. The Kier molecular flexibility index (Phi) is 6.62. The molecule has 0 aliphatic carbocycles. The lowest BCUT2D eigenvalue weighted by atomic mass is 10.1. The van der Waals surface area contributed by atoms with E-state index < -0.39 is 47.0 Å².